The van der Waals surface area contributed by atoms with Crippen molar-refractivity contribution in [1.29, 1.82) is 0 Å². The number of nitrogens with one attached hydrogen (secondary N) is 1. The Hall–Kier alpha value is -1.36. The van der Waals surface area contributed by atoms with Gasteiger partial charge in [0, 0.05) is 12.2 Å². The number of carbonyl (C=O) groups is 1. The normalized spacial score (nSPS) is 12.4. The van der Waals surface area contributed by atoms with Crippen molar-refractivity contribution in [3.63, 3.8) is 0 Å². The van der Waals surface area contributed by atoms with Crippen LogP contribution in [0.15, 0.2) is 6.07 Å². The third kappa shape index (κ3) is 4.14. The van der Waals surface area contributed by atoms with E-state index in [1.807, 2.05) is 24.6 Å². The monoisotopic (exact) mass is 253 g/mol. The van der Waals surface area contributed by atoms with Crippen LogP contribution in [0.25, 0.3) is 0 Å². The Morgan fingerprint density at radius 3 is 2.78 bits per heavy atom. The van der Waals surface area contributed by atoms with Gasteiger partial charge in [-0.15, -0.1) is 0 Å². The lowest BCUT2D eigenvalue weighted by molar-refractivity contribution is -0.143. The number of ether oxygens (including phenoxy) is 1. The van der Waals surface area contributed by atoms with Crippen molar-refractivity contribution in [2.24, 2.45) is 0 Å². The number of aromatic nitrogens is 2. The molecule has 1 atom stereocenters. The number of rotatable bonds is 7. The average molecular weight is 253 g/mol. The maximum atomic E-state index is 11.6. The minimum absolute atomic E-state index is 0.204. The molecule has 0 saturated carbocycles. The second-order valence-corrected chi connectivity index (χ2v) is 4.47. The molecule has 0 aromatic carbocycles. The molecule has 5 heteroatoms. The van der Waals surface area contributed by atoms with Crippen molar-refractivity contribution in [2.45, 2.75) is 46.2 Å². The Bertz CT molecular complexity index is 388. The number of esters is 1. The molecule has 1 N–H and O–H groups in total. The summed E-state index contributed by atoms with van der Waals surface area (Å²) in [5.41, 5.74) is 2.12. The summed E-state index contributed by atoms with van der Waals surface area (Å²) in [6.07, 6.45) is 1.68. The van der Waals surface area contributed by atoms with E-state index in [9.17, 15) is 4.79 Å². The molecule has 1 aromatic heterocycles. The van der Waals surface area contributed by atoms with Crippen LogP contribution in [0.3, 0.4) is 0 Å². The SMILES string of the molecule is CCCNC(CCn1nc(C)cc1C)C(=O)OC. The minimum atomic E-state index is -0.251. The summed E-state index contributed by atoms with van der Waals surface area (Å²) >= 11 is 0. The molecule has 18 heavy (non-hydrogen) atoms. The molecule has 0 fully saturated rings. The predicted molar refractivity (Wildman–Crippen MR) is 70.4 cm³/mol. The van der Waals surface area contributed by atoms with Gasteiger partial charge in [-0.25, -0.2) is 0 Å². The summed E-state index contributed by atoms with van der Waals surface area (Å²) in [6.45, 7) is 7.60. The highest BCUT2D eigenvalue weighted by Crippen LogP contribution is 2.05. The van der Waals surface area contributed by atoms with E-state index in [0.29, 0.717) is 6.42 Å². The zero-order valence-corrected chi connectivity index (χ0v) is 11.7. The molecule has 102 valence electrons. The Kier molecular flexibility index (Phi) is 5.85. The van der Waals surface area contributed by atoms with E-state index in [0.717, 1.165) is 30.9 Å². The highest BCUT2D eigenvalue weighted by Gasteiger charge is 2.18. The Labute approximate surface area is 109 Å². The lowest BCUT2D eigenvalue weighted by Crippen LogP contribution is -2.39. The van der Waals surface area contributed by atoms with E-state index < -0.39 is 0 Å². The first-order valence-electron chi connectivity index (χ1n) is 6.40. The van der Waals surface area contributed by atoms with Crippen molar-refractivity contribution in [1.82, 2.24) is 15.1 Å². The highest BCUT2D eigenvalue weighted by molar-refractivity contribution is 5.75. The highest BCUT2D eigenvalue weighted by atomic mass is 16.5. The van der Waals surface area contributed by atoms with Gasteiger partial charge in [0.15, 0.2) is 0 Å². The lowest BCUT2D eigenvalue weighted by atomic mass is 10.2. The fourth-order valence-electron chi connectivity index (χ4n) is 1.92. The number of aryl methyl sites for hydroxylation is 3. The summed E-state index contributed by atoms with van der Waals surface area (Å²) in [5.74, 6) is -0.204. The van der Waals surface area contributed by atoms with Gasteiger partial charge in [0.25, 0.3) is 0 Å². The second kappa shape index (κ2) is 7.16. The van der Waals surface area contributed by atoms with Gasteiger partial charge in [-0.2, -0.15) is 5.10 Å². The maximum Gasteiger partial charge on any atom is 0.322 e. The molecule has 0 bridgehead atoms. The third-order valence-electron chi connectivity index (χ3n) is 2.86. The molecular weight excluding hydrogens is 230 g/mol. The summed E-state index contributed by atoms with van der Waals surface area (Å²) < 4.78 is 6.73. The number of hydrogen-bond donors (Lipinski definition) is 1. The lowest BCUT2D eigenvalue weighted by Gasteiger charge is -2.16. The maximum absolute atomic E-state index is 11.6. The molecule has 0 spiro atoms. The van der Waals surface area contributed by atoms with E-state index in [1.165, 1.54) is 7.11 Å². The van der Waals surface area contributed by atoms with Gasteiger partial charge in [-0.3, -0.25) is 9.48 Å². The van der Waals surface area contributed by atoms with E-state index >= 15 is 0 Å². The van der Waals surface area contributed by atoms with Crippen LogP contribution in [0, 0.1) is 13.8 Å². The summed E-state index contributed by atoms with van der Waals surface area (Å²) in [6, 6.07) is 1.78. The van der Waals surface area contributed by atoms with Gasteiger partial charge in [0.2, 0.25) is 0 Å². The summed E-state index contributed by atoms with van der Waals surface area (Å²) in [5, 5.41) is 7.59. The molecule has 1 unspecified atom stereocenters. The quantitative estimate of drug-likeness (QED) is 0.747. The standard InChI is InChI=1S/C13H23N3O2/c1-5-7-14-12(13(17)18-4)6-8-16-11(3)9-10(2)15-16/h9,12,14H,5-8H2,1-4H3. The molecular formula is C13H23N3O2. The number of nitrogens with zero attached hydrogens (tertiary/aromatic N) is 2. The minimum Gasteiger partial charge on any atom is -0.468 e. The van der Waals surface area contributed by atoms with Gasteiger partial charge < -0.3 is 10.1 Å². The largest absolute Gasteiger partial charge is 0.468 e. The first kappa shape index (κ1) is 14.7. The zero-order chi connectivity index (χ0) is 13.5. The van der Waals surface area contributed by atoms with Crippen molar-refractivity contribution in [2.75, 3.05) is 13.7 Å². The van der Waals surface area contributed by atoms with Gasteiger partial charge in [0.1, 0.15) is 6.04 Å². The van der Waals surface area contributed by atoms with E-state index in [1.54, 1.807) is 0 Å². The van der Waals surface area contributed by atoms with Crippen molar-refractivity contribution in [3.8, 4) is 0 Å². The molecule has 0 saturated heterocycles. The first-order chi connectivity index (χ1) is 8.58. The molecule has 5 nitrogen and oxygen atoms in total. The van der Waals surface area contributed by atoms with Crippen LogP contribution in [-0.2, 0) is 16.1 Å². The zero-order valence-electron chi connectivity index (χ0n) is 11.7. The molecule has 0 aliphatic rings. The van der Waals surface area contributed by atoms with Crippen molar-refractivity contribution < 1.29 is 9.53 Å². The molecule has 1 rings (SSSR count). The van der Waals surface area contributed by atoms with Crippen molar-refractivity contribution >= 4 is 5.97 Å². The second-order valence-electron chi connectivity index (χ2n) is 4.47. The average Bonchev–Trinajstić information content (AvgIpc) is 2.67. The summed E-state index contributed by atoms with van der Waals surface area (Å²) in [4.78, 5) is 11.6. The first-order valence-corrected chi connectivity index (χ1v) is 6.40. The van der Waals surface area contributed by atoms with Gasteiger partial charge in [-0.05, 0) is 39.3 Å². The van der Waals surface area contributed by atoms with Crippen LogP contribution in [0.5, 0.6) is 0 Å². The third-order valence-corrected chi connectivity index (χ3v) is 2.86. The Balaban J connectivity index is 2.55. The summed E-state index contributed by atoms with van der Waals surface area (Å²) in [7, 11) is 1.42. The molecule has 1 aromatic rings. The molecule has 0 radical (unpaired) electrons. The fourth-order valence-corrected chi connectivity index (χ4v) is 1.92. The van der Waals surface area contributed by atoms with E-state index in [2.05, 4.69) is 17.3 Å². The van der Waals surface area contributed by atoms with Gasteiger partial charge in [0.05, 0.1) is 12.8 Å². The molecule has 0 aliphatic carbocycles. The van der Waals surface area contributed by atoms with Crippen LogP contribution in [0.1, 0.15) is 31.2 Å². The Morgan fingerprint density at radius 2 is 2.28 bits per heavy atom. The van der Waals surface area contributed by atoms with Crippen LogP contribution in [-0.4, -0.2) is 35.4 Å². The molecule has 0 amide bonds. The van der Waals surface area contributed by atoms with E-state index in [-0.39, 0.29) is 12.0 Å². The smallest absolute Gasteiger partial charge is 0.322 e. The van der Waals surface area contributed by atoms with Crippen LogP contribution in [0.4, 0.5) is 0 Å². The van der Waals surface area contributed by atoms with E-state index in [4.69, 9.17) is 4.74 Å². The fraction of sp³-hybridized carbons (Fsp3) is 0.692. The number of methoxy groups -OCH3 is 1. The van der Waals surface area contributed by atoms with Crippen LogP contribution in [0.2, 0.25) is 0 Å². The van der Waals surface area contributed by atoms with Crippen LogP contribution < -0.4 is 5.32 Å². The molecule has 1 heterocycles. The number of hydrogen-bond acceptors (Lipinski definition) is 4. The topological polar surface area (TPSA) is 56.2 Å². The van der Waals surface area contributed by atoms with Crippen LogP contribution >= 0.6 is 0 Å². The molecule has 0 aliphatic heterocycles. The number of carbonyl (C=O) groups excluding carboxylic acids is 1. The predicted octanol–water partition coefficient (Wildman–Crippen LogP) is 1.43. The Morgan fingerprint density at radius 1 is 1.56 bits per heavy atom. The van der Waals surface area contributed by atoms with Gasteiger partial charge >= 0.3 is 5.97 Å². The van der Waals surface area contributed by atoms with Gasteiger partial charge in [-0.1, -0.05) is 6.92 Å². The van der Waals surface area contributed by atoms with Crippen molar-refractivity contribution in [3.05, 3.63) is 17.5 Å².